The molecule has 3 heterocycles. The molecule has 2 atom stereocenters. The van der Waals surface area contributed by atoms with Crippen LogP contribution in [0.15, 0.2) is 35.7 Å². The van der Waals surface area contributed by atoms with Gasteiger partial charge in [-0.1, -0.05) is 30.3 Å². The summed E-state index contributed by atoms with van der Waals surface area (Å²) in [5.74, 6) is 0.576. The van der Waals surface area contributed by atoms with E-state index in [1.54, 1.807) is 16.7 Å². The molecule has 0 unspecified atom stereocenters. The van der Waals surface area contributed by atoms with Gasteiger partial charge in [-0.05, 0) is 13.3 Å². The van der Waals surface area contributed by atoms with E-state index in [1.807, 2.05) is 42.6 Å². The van der Waals surface area contributed by atoms with Crippen molar-refractivity contribution in [3.8, 4) is 11.3 Å². The molecule has 7 heteroatoms. The summed E-state index contributed by atoms with van der Waals surface area (Å²) < 4.78 is 0. The zero-order chi connectivity index (χ0) is 16.7. The fourth-order valence-corrected chi connectivity index (χ4v) is 5.43. The molecule has 24 heavy (non-hydrogen) atoms. The van der Waals surface area contributed by atoms with E-state index in [-0.39, 0.29) is 16.7 Å². The Morgan fingerprint density at radius 3 is 2.96 bits per heavy atom. The third kappa shape index (κ3) is 2.61. The Morgan fingerprint density at radius 1 is 1.38 bits per heavy atom. The SMILES string of the molecule is C[C@@]12CCC(=O)N1[C@H](C(=O)Nc1nc(-c3ccccc3)cs1)CS2. The normalized spacial score (nSPS) is 25.8. The molecule has 2 aromatic rings. The lowest BCUT2D eigenvalue weighted by molar-refractivity contribution is -0.135. The topological polar surface area (TPSA) is 62.3 Å². The van der Waals surface area contributed by atoms with E-state index in [0.717, 1.165) is 17.7 Å². The summed E-state index contributed by atoms with van der Waals surface area (Å²) in [5.41, 5.74) is 1.87. The molecule has 2 aliphatic heterocycles. The van der Waals surface area contributed by atoms with Crippen LogP contribution < -0.4 is 5.32 Å². The number of benzene rings is 1. The molecular formula is C17H17N3O2S2. The highest BCUT2D eigenvalue weighted by Crippen LogP contribution is 2.47. The molecule has 0 radical (unpaired) electrons. The lowest BCUT2D eigenvalue weighted by atomic mass is 10.2. The Morgan fingerprint density at radius 2 is 2.17 bits per heavy atom. The summed E-state index contributed by atoms with van der Waals surface area (Å²) in [4.78, 5) is 30.8. The first-order valence-corrected chi connectivity index (χ1v) is 9.71. The van der Waals surface area contributed by atoms with Crippen molar-refractivity contribution in [2.24, 2.45) is 0 Å². The first-order chi connectivity index (χ1) is 11.6. The number of nitrogens with one attached hydrogen (secondary N) is 1. The van der Waals surface area contributed by atoms with Crippen molar-refractivity contribution in [3.63, 3.8) is 0 Å². The van der Waals surface area contributed by atoms with E-state index in [2.05, 4.69) is 10.3 Å². The minimum Gasteiger partial charge on any atom is -0.315 e. The molecule has 2 fully saturated rings. The fourth-order valence-electron chi connectivity index (χ4n) is 3.28. The molecular weight excluding hydrogens is 342 g/mol. The third-order valence-electron chi connectivity index (χ3n) is 4.55. The lowest BCUT2D eigenvalue weighted by Crippen LogP contribution is -2.48. The average Bonchev–Trinajstić information content (AvgIpc) is 3.25. The zero-order valence-electron chi connectivity index (χ0n) is 13.2. The van der Waals surface area contributed by atoms with Gasteiger partial charge in [0, 0.05) is 23.1 Å². The number of carbonyl (C=O) groups is 2. The number of hydrogen-bond acceptors (Lipinski definition) is 5. The highest BCUT2D eigenvalue weighted by Gasteiger charge is 2.52. The number of fused-ring (bicyclic) bond motifs is 1. The number of thiazole rings is 1. The van der Waals surface area contributed by atoms with Crippen LogP contribution in [0.3, 0.4) is 0 Å². The second kappa shape index (κ2) is 5.89. The van der Waals surface area contributed by atoms with Crippen molar-refractivity contribution in [1.82, 2.24) is 9.88 Å². The number of rotatable bonds is 3. The van der Waals surface area contributed by atoms with Gasteiger partial charge in [0.1, 0.15) is 6.04 Å². The van der Waals surface area contributed by atoms with Gasteiger partial charge in [-0.25, -0.2) is 4.98 Å². The monoisotopic (exact) mass is 359 g/mol. The summed E-state index contributed by atoms with van der Waals surface area (Å²) in [6, 6.07) is 9.45. The summed E-state index contributed by atoms with van der Waals surface area (Å²) in [6.07, 6.45) is 1.35. The van der Waals surface area contributed by atoms with Crippen molar-refractivity contribution >= 4 is 40.0 Å². The molecule has 0 saturated carbocycles. The van der Waals surface area contributed by atoms with E-state index in [1.165, 1.54) is 11.3 Å². The fraction of sp³-hybridized carbons (Fsp3) is 0.353. The molecule has 1 aromatic heterocycles. The Kier molecular flexibility index (Phi) is 3.85. The number of anilines is 1. The van der Waals surface area contributed by atoms with Crippen LogP contribution in [0.1, 0.15) is 19.8 Å². The molecule has 5 nitrogen and oxygen atoms in total. The van der Waals surface area contributed by atoms with Gasteiger partial charge >= 0.3 is 0 Å². The number of carbonyl (C=O) groups excluding carboxylic acids is 2. The minimum absolute atomic E-state index is 0.0757. The first kappa shape index (κ1) is 15.7. The van der Waals surface area contributed by atoms with Crippen LogP contribution in [0.25, 0.3) is 11.3 Å². The van der Waals surface area contributed by atoms with Crippen LogP contribution >= 0.6 is 23.1 Å². The average molecular weight is 359 g/mol. The second-order valence-corrected chi connectivity index (χ2v) is 8.52. The molecule has 2 saturated heterocycles. The highest BCUT2D eigenvalue weighted by molar-refractivity contribution is 8.01. The molecule has 0 bridgehead atoms. The Balaban J connectivity index is 1.49. The van der Waals surface area contributed by atoms with E-state index in [9.17, 15) is 9.59 Å². The Bertz CT molecular complexity index is 792. The van der Waals surface area contributed by atoms with Crippen LogP contribution in [0.5, 0.6) is 0 Å². The first-order valence-electron chi connectivity index (χ1n) is 7.85. The lowest BCUT2D eigenvalue weighted by Gasteiger charge is -2.29. The zero-order valence-corrected chi connectivity index (χ0v) is 14.8. The molecule has 1 aromatic carbocycles. The van der Waals surface area contributed by atoms with Crippen molar-refractivity contribution in [1.29, 1.82) is 0 Å². The highest BCUT2D eigenvalue weighted by atomic mass is 32.2. The number of nitrogens with zero attached hydrogens (tertiary/aromatic N) is 2. The quantitative estimate of drug-likeness (QED) is 0.914. The maximum absolute atomic E-state index is 12.6. The molecule has 0 aliphatic carbocycles. The van der Waals surface area contributed by atoms with Crippen LogP contribution in [-0.2, 0) is 9.59 Å². The molecule has 2 aliphatic rings. The van der Waals surface area contributed by atoms with Gasteiger partial charge in [-0.15, -0.1) is 23.1 Å². The standard InChI is InChI=1S/C17H17N3O2S2/c1-17-8-7-14(21)20(17)13(10-24-17)15(22)19-16-18-12(9-23-16)11-5-3-2-4-6-11/h2-6,9,13H,7-8,10H2,1H3,(H,18,19,22)/t13-,17+/m0/s1. The smallest absolute Gasteiger partial charge is 0.249 e. The molecule has 1 N–H and O–H groups in total. The molecule has 0 spiro atoms. The maximum Gasteiger partial charge on any atom is 0.249 e. The predicted molar refractivity (Wildman–Crippen MR) is 96.9 cm³/mol. The number of amides is 2. The molecule has 124 valence electrons. The van der Waals surface area contributed by atoms with Crippen LogP contribution in [0, 0.1) is 0 Å². The maximum atomic E-state index is 12.6. The van der Waals surface area contributed by atoms with Crippen molar-refractivity contribution < 1.29 is 9.59 Å². The molecule has 4 rings (SSSR count). The van der Waals surface area contributed by atoms with Crippen molar-refractivity contribution in [2.45, 2.75) is 30.7 Å². The number of aromatic nitrogens is 1. The van der Waals surface area contributed by atoms with Crippen molar-refractivity contribution in [3.05, 3.63) is 35.7 Å². The molecule has 2 amide bonds. The second-order valence-electron chi connectivity index (χ2n) is 6.16. The van der Waals surface area contributed by atoms with Gasteiger partial charge in [-0.3, -0.25) is 9.59 Å². The summed E-state index contributed by atoms with van der Waals surface area (Å²) >= 11 is 3.10. The van der Waals surface area contributed by atoms with Crippen LogP contribution in [-0.4, -0.2) is 38.4 Å². The Hall–Kier alpha value is -1.86. The van der Waals surface area contributed by atoms with Crippen LogP contribution in [0.4, 0.5) is 5.13 Å². The number of hydrogen-bond donors (Lipinski definition) is 1. The van der Waals surface area contributed by atoms with Gasteiger partial charge in [0.05, 0.1) is 10.6 Å². The number of thioether (sulfide) groups is 1. The van der Waals surface area contributed by atoms with E-state index >= 15 is 0 Å². The van der Waals surface area contributed by atoms with Gasteiger partial charge in [0.25, 0.3) is 0 Å². The van der Waals surface area contributed by atoms with Gasteiger partial charge in [0.2, 0.25) is 11.8 Å². The third-order valence-corrected chi connectivity index (χ3v) is 6.81. The van der Waals surface area contributed by atoms with Gasteiger partial charge in [-0.2, -0.15) is 0 Å². The summed E-state index contributed by atoms with van der Waals surface area (Å²) in [5, 5.41) is 5.39. The van der Waals surface area contributed by atoms with Gasteiger partial charge in [0.15, 0.2) is 5.13 Å². The summed E-state index contributed by atoms with van der Waals surface area (Å²) in [7, 11) is 0. The van der Waals surface area contributed by atoms with Crippen LogP contribution in [0.2, 0.25) is 0 Å². The van der Waals surface area contributed by atoms with Crippen molar-refractivity contribution in [2.75, 3.05) is 11.1 Å². The Labute approximate surface area is 148 Å². The largest absolute Gasteiger partial charge is 0.315 e. The van der Waals surface area contributed by atoms with Gasteiger partial charge < -0.3 is 10.2 Å². The summed E-state index contributed by atoms with van der Waals surface area (Å²) in [6.45, 7) is 2.05. The minimum atomic E-state index is -0.404. The predicted octanol–water partition coefficient (Wildman–Crippen LogP) is 3.20. The van der Waals surface area contributed by atoms with E-state index in [4.69, 9.17) is 0 Å². The van der Waals surface area contributed by atoms with E-state index < -0.39 is 6.04 Å². The van der Waals surface area contributed by atoms with E-state index in [0.29, 0.717) is 17.3 Å².